The van der Waals surface area contributed by atoms with Crippen LogP contribution in [0.2, 0.25) is 0 Å². The fraction of sp³-hybridized carbons (Fsp3) is 0. The highest BCUT2D eigenvalue weighted by Gasteiger charge is 2.14. The predicted octanol–water partition coefficient (Wildman–Crippen LogP) is 4.28. The van der Waals surface area contributed by atoms with E-state index in [0.717, 1.165) is 15.5 Å². The van der Waals surface area contributed by atoms with Crippen LogP contribution in [0.3, 0.4) is 0 Å². The summed E-state index contributed by atoms with van der Waals surface area (Å²) in [4.78, 5) is 7.39. The Morgan fingerprint density at radius 2 is 2.00 bits per heavy atom. The van der Waals surface area contributed by atoms with Gasteiger partial charge in [-0.15, -0.1) is 0 Å². The molecule has 0 aliphatic carbocycles. The van der Waals surface area contributed by atoms with Crippen molar-refractivity contribution in [2.45, 2.75) is 0 Å². The minimum Gasteiger partial charge on any atom is -0.506 e. The number of hydrogen-bond donors (Lipinski definition) is 2. The van der Waals surface area contributed by atoms with Gasteiger partial charge in [-0.05, 0) is 24.3 Å². The molecule has 4 nitrogen and oxygen atoms in total. The third-order valence-electron chi connectivity index (χ3n) is 3.07. The Morgan fingerprint density at radius 3 is 2.71 bits per heavy atom. The zero-order chi connectivity index (χ0) is 14.8. The van der Waals surface area contributed by atoms with Crippen LogP contribution in [0, 0.1) is 11.3 Å². The maximum absolute atomic E-state index is 10.4. The number of imidazole rings is 1. The molecule has 0 aliphatic rings. The molecule has 0 saturated heterocycles. The number of aliphatic hydroxyl groups excluding tert-OH is 1. The highest BCUT2D eigenvalue weighted by Crippen LogP contribution is 2.25. The van der Waals surface area contributed by atoms with Gasteiger partial charge in [0.25, 0.3) is 0 Å². The fourth-order valence-electron chi connectivity index (χ4n) is 2.07. The van der Waals surface area contributed by atoms with Crippen LogP contribution in [-0.4, -0.2) is 15.1 Å². The maximum Gasteiger partial charge on any atom is 0.153 e. The van der Waals surface area contributed by atoms with E-state index < -0.39 is 0 Å². The topological polar surface area (TPSA) is 72.7 Å². The van der Waals surface area contributed by atoms with Crippen molar-refractivity contribution < 1.29 is 5.11 Å². The summed E-state index contributed by atoms with van der Waals surface area (Å²) in [5.41, 5.74) is 2.25. The second kappa shape index (κ2) is 5.43. The van der Waals surface area contributed by atoms with E-state index in [1.54, 1.807) is 18.2 Å². The number of H-pyrrole nitrogens is 1. The second-order valence-electron chi connectivity index (χ2n) is 4.45. The smallest absolute Gasteiger partial charge is 0.153 e. The maximum atomic E-state index is 10.4. The van der Waals surface area contributed by atoms with Gasteiger partial charge in [-0.1, -0.05) is 40.2 Å². The normalized spacial score (nSPS) is 12.0. The Bertz CT molecular complexity index is 857. The third kappa shape index (κ3) is 2.54. The van der Waals surface area contributed by atoms with Crippen LogP contribution in [0.1, 0.15) is 11.4 Å². The van der Waals surface area contributed by atoms with Gasteiger partial charge in [0.05, 0.1) is 11.0 Å². The van der Waals surface area contributed by atoms with Crippen molar-refractivity contribution in [1.82, 2.24) is 9.97 Å². The molecule has 0 aliphatic heterocycles. The lowest BCUT2D eigenvalue weighted by atomic mass is 10.1. The standard InChI is InChI=1S/C16H10BrN3O/c17-11-5-3-4-10(8-11)15(21)12(9-18)16-19-13-6-1-2-7-14(13)20-16/h1-8,21H,(H,19,20)/b15-12-. The van der Waals surface area contributed by atoms with E-state index in [0.29, 0.717) is 11.4 Å². The molecule has 0 unspecified atom stereocenters. The Labute approximate surface area is 129 Å². The van der Waals surface area contributed by atoms with Gasteiger partial charge in [-0.3, -0.25) is 0 Å². The van der Waals surface area contributed by atoms with E-state index in [4.69, 9.17) is 0 Å². The third-order valence-corrected chi connectivity index (χ3v) is 3.57. The Hall–Kier alpha value is -2.58. The molecule has 3 rings (SSSR count). The monoisotopic (exact) mass is 339 g/mol. The summed E-state index contributed by atoms with van der Waals surface area (Å²) in [5, 5.41) is 19.7. The molecule has 102 valence electrons. The molecule has 5 heteroatoms. The van der Waals surface area contributed by atoms with Gasteiger partial charge >= 0.3 is 0 Å². The fourth-order valence-corrected chi connectivity index (χ4v) is 2.47. The first-order valence-corrected chi connectivity index (χ1v) is 7.03. The van der Waals surface area contributed by atoms with Crippen molar-refractivity contribution in [3.63, 3.8) is 0 Å². The average Bonchev–Trinajstić information content (AvgIpc) is 2.91. The lowest BCUT2D eigenvalue weighted by Crippen LogP contribution is -1.92. The number of fused-ring (bicyclic) bond motifs is 1. The van der Waals surface area contributed by atoms with Gasteiger partial charge in [0.1, 0.15) is 17.4 Å². The SMILES string of the molecule is N#C/C(=C(/O)c1cccc(Br)c1)c1nc2ccccc2[nH]1. The molecule has 3 aromatic rings. The second-order valence-corrected chi connectivity index (χ2v) is 5.36. The first-order chi connectivity index (χ1) is 10.2. The van der Waals surface area contributed by atoms with E-state index >= 15 is 0 Å². The minimum atomic E-state index is -0.0992. The first-order valence-electron chi connectivity index (χ1n) is 6.23. The van der Waals surface area contributed by atoms with Gasteiger partial charge in [0.2, 0.25) is 0 Å². The average molecular weight is 340 g/mol. The number of benzene rings is 2. The molecule has 0 saturated carbocycles. The van der Waals surface area contributed by atoms with E-state index in [2.05, 4.69) is 25.9 Å². The largest absolute Gasteiger partial charge is 0.506 e. The number of aliphatic hydroxyl groups is 1. The van der Waals surface area contributed by atoms with Crippen LogP contribution in [0.5, 0.6) is 0 Å². The molecule has 0 atom stereocenters. The van der Waals surface area contributed by atoms with Crippen LogP contribution in [0.25, 0.3) is 22.4 Å². The van der Waals surface area contributed by atoms with Gasteiger partial charge in [-0.25, -0.2) is 4.98 Å². The summed E-state index contributed by atoms with van der Waals surface area (Å²) in [6.45, 7) is 0. The lowest BCUT2D eigenvalue weighted by molar-refractivity contribution is 0.514. The molecule has 1 heterocycles. The summed E-state index contributed by atoms with van der Waals surface area (Å²) >= 11 is 3.35. The Kier molecular flexibility index (Phi) is 3.46. The quantitative estimate of drug-likeness (QED) is 0.540. The number of allylic oxidation sites excluding steroid dienone is 1. The number of aromatic nitrogens is 2. The van der Waals surface area contributed by atoms with Crippen LogP contribution >= 0.6 is 15.9 Å². The number of nitrogens with one attached hydrogen (secondary N) is 1. The molecule has 0 bridgehead atoms. The number of hydrogen-bond acceptors (Lipinski definition) is 3. The van der Waals surface area contributed by atoms with Crippen molar-refractivity contribution in [2.75, 3.05) is 0 Å². The van der Waals surface area contributed by atoms with Gasteiger partial charge < -0.3 is 10.1 Å². The number of aromatic amines is 1. The molecule has 21 heavy (non-hydrogen) atoms. The predicted molar refractivity (Wildman–Crippen MR) is 85.3 cm³/mol. The molecule has 0 spiro atoms. The molecule has 1 aromatic heterocycles. The van der Waals surface area contributed by atoms with E-state index in [1.807, 2.05) is 36.4 Å². The summed E-state index contributed by atoms with van der Waals surface area (Å²) in [6.07, 6.45) is 0. The Morgan fingerprint density at radius 1 is 1.19 bits per heavy atom. The molecular formula is C16H10BrN3O. The molecule has 2 N–H and O–H groups in total. The number of para-hydroxylation sites is 2. The van der Waals surface area contributed by atoms with Crippen LogP contribution < -0.4 is 0 Å². The van der Waals surface area contributed by atoms with Crippen molar-refractivity contribution >= 4 is 38.3 Å². The minimum absolute atomic E-state index is 0.0992. The lowest BCUT2D eigenvalue weighted by Gasteiger charge is -2.03. The molecule has 0 fully saturated rings. The number of nitrogens with zero attached hydrogens (tertiary/aromatic N) is 2. The van der Waals surface area contributed by atoms with E-state index in [9.17, 15) is 10.4 Å². The van der Waals surface area contributed by atoms with Crippen molar-refractivity contribution in [3.05, 3.63) is 64.4 Å². The highest BCUT2D eigenvalue weighted by atomic mass is 79.9. The summed E-state index contributed by atoms with van der Waals surface area (Å²) in [5.74, 6) is 0.258. The van der Waals surface area contributed by atoms with Gasteiger partial charge in [0.15, 0.2) is 5.82 Å². The molecular weight excluding hydrogens is 330 g/mol. The zero-order valence-electron chi connectivity index (χ0n) is 10.8. The number of rotatable bonds is 2. The van der Waals surface area contributed by atoms with Crippen LogP contribution in [-0.2, 0) is 0 Å². The van der Waals surface area contributed by atoms with E-state index in [1.165, 1.54) is 0 Å². The molecule has 0 amide bonds. The van der Waals surface area contributed by atoms with Crippen molar-refractivity contribution in [2.24, 2.45) is 0 Å². The summed E-state index contributed by atoms with van der Waals surface area (Å²) < 4.78 is 0.827. The van der Waals surface area contributed by atoms with Crippen molar-refractivity contribution in [3.8, 4) is 6.07 Å². The van der Waals surface area contributed by atoms with Crippen LogP contribution in [0.15, 0.2) is 53.0 Å². The number of nitriles is 1. The zero-order valence-corrected chi connectivity index (χ0v) is 12.4. The van der Waals surface area contributed by atoms with Gasteiger partial charge in [-0.2, -0.15) is 5.26 Å². The van der Waals surface area contributed by atoms with Crippen molar-refractivity contribution in [1.29, 1.82) is 5.26 Å². The molecule has 2 aromatic carbocycles. The Balaban J connectivity index is 2.17. The summed E-state index contributed by atoms with van der Waals surface area (Å²) in [7, 11) is 0. The number of halogens is 1. The van der Waals surface area contributed by atoms with Crippen LogP contribution in [0.4, 0.5) is 0 Å². The van der Waals surface area contributed by atoms with E-state index in [-0.39, 0.29) is 11.3 Å². The van der Waals surface area contributed by atoms with Gasteiger partial charge in [0, 0.05) is 10.0 Å². The summed E-state index contributed by atoms with van der Waals surface area (Å²) in [6, 6.07) is 16.6. The highest BCUT2D eigenvalue weighted by molar-refractivity contribution is 9.10. The first kappa shape index (κ1) is 13.4. The molecule has 0 radical (unpaired) electrons.